The monoisotopic (exact) mass is 339 g/mol. The number of nitrogens with zero attached hydrogens (tertiary/aromatic N) is 2. The standard InChI is InChI=1S/C20H25N3O2/c1-24-17-4-2-16(3-5-17)19-22-18(23-25-19)12-21-20-9-13-6-14(10-20)8-15(7-13)11-20/h2-5,13-15,21H,6-12H2,1H3. The number of rotatable bonds is 5. The first-order chi connectivity index (χ1) is 12.2. The number of methoxy groups -OCH3 is 1. The Hall–Kier alpha value is -1.88. The molecule has 1 heterocycles. The van der Waals surface area contributed by atoms with Crippen LogP contribution in [-0.4, -0.2) is 22.8 Å². The van der Waals surface area contributed by atoms with E-state index >= 15 is 0 Å². The fourth-order valence-electron chi connectivity index (χ4n) is 5.77. The van der Waals surface area contributed by atoms with E-state index in [0.717, 1.165) is 34.9 Å². The third-order valence-electron chi connectivity index (χ3n) is 6.46. The molecule has 4 aliphatic rings. The number of hydrogen-bond acceptors (Lipinski definition) is 5. The van der Waals surface area contributed by atoms with Crippen molar-refractivity contribution in [2.75, 3.05) is 7.11 Å². The first-order valence-electron chi connectivity index (χ1n) is 9.43. The highest BCUT2D eigenvalue weighted by molar-refractivity contribution is 5.54. The molecule has 4 aliphatic carbocycles. The van der Waals surface area contributed by atoms with Gasteiger partial charge in [0.1, 0.15) is 5.75 Å². The topological polar surface area (TPSA) is 60.2 Å². The minimum absolute atomic E-state index is 0.329. The number of nitrogens with one attached hydrogen (secondary N) is 1. The molecule has 0 atom stereocenters. The Balaban J connectivity index is 1.27. The summed E-state index contributed by atoms with van der Waals surface area (Å²) in [6.07, 6.45) is 8.40. The van der Waals surface area contributed by atoms with Gasteiger partial charge >= 0.3 is 0 Å². The predicted octanol–water partition coefficient (Wildman–Crippen LogP) is 3.80. The van der Waals surface area contributed by atoms with Crippen LogP contribution in [0.4, 0.5) is 0 Å². The van der Waals surface area contributed by atoms with Gasteiger partial charge < -0.3 is 14.6 Å². The Morgan fingerprint density at radius 1 is 1.08 bits per heavy atom. The molecule has 0 spiro atoms. The van der Waals surface area contributed by atoms with Crippen molar-refractivity contribution in [3.8, 4) is 17.2 Å². The third kappa shape index (κ3) is 2.84. The van der Waals surface area contributed by atoms with Gasteiger partial charge in [0.25, 0.3) is 5.89 Å². The molecule has 1 aromatic heterocycles. The summed E-state index contributed by atoms with van der Waals surface area (Å²) in [6.45, 7) is 0.700. The molecule has 4 fully saturated rings. The van der Waals surface area contributed by atoms with Crippen LogP contribution >= 0.6 is 0 Å². The van der Waals surface area contributed by atoms with Crippen molar-refractivity contribution >= 4 is 0 Å². The van der Waals surface area contributed by atoms with Gasteiger partial charge in [-0.25, -0.2) is 0 Å². The zero-order valence-electron chi connectivity index (χ0n) is 14.7. The third-order valence-corrected chi connectivity index (χ3v) is 6.46. The molecule has 132 valence electrons. The first-order valence-corrected chi connectivity index (χ1v) is 9.43. The van der Waals surface area contributed by atoms with E-state index in [1.807, 2.05) is 24.3 Å². The number of ether oxygens (including phenoxy) is 1. The Kier molecular flexibility index (Phi) is 3.59. The van der Waals surface area contributed by atoms with Gasteiger partial charge in [-0.05, 0) is 80.5 Å². The van der Waals surface area contributed by atoms with E-state index in [0.29, 0.717) is 18.0 Å². The number of aromatic nitrogens is 2. The Bertz CT molecular complexity index is 717. The minimum atomic E-state index is 0.329. The molecule has 1 aromatic carbocycles. The molecule has 4 bridgehead atoms. The Labute approximate surface area is 148 Å². The summed E-state index contributed by atoms with van der Waals surface area (Å²) >= 11 is 0. The van der Waals surface area contributed by atoms with Crippen LogP contribution < -0.4 is 10.1 Å². The quantitative estimate of drug-likeness (QED) is 0.898. The lowest BCUT2D eigenvalue weighted by atomic mass is 9.53. The molecular formula is C20H25N3O2. The highest BCUT2D eigenvalue weighted by Gasteiger charge is 2.50. The SMILES string of the molecule is COc1ccc(-c2nc(CNC34CC5CC(CC(C5)C3)C4)no2)cc1. The molecule has 1 N–H and O–H groups in total. The second kappa shape index (κ2) is 5.84. The second-order valence-electron chi connectivity index (χ2n) is 8.30. The van der Waals surface area contributed by atoms with Gasteiger partial charge in [-0.15, -0.1) is 0 Å². The average molecular weight is 339 g/mol. The maximum atomic E-state index is 5.45. The van der Waals surface area contributed by atoms with Crippen molar-refractivity contribution in [2.45, 2.75) is 50.6 Å². The molecule has 0 saturated heterocycles. The van der Waals surface area contributed by atoms with Crippen LogP contribution in [0.1, 0.15) is 44.3 Å². The van der Waals surface area contributed by atoms with Crippen molar-refractivity contribution in [3.05, 3.63) is 30.1 Å². The lowest BCUT2D eigenvalue weighted by molar-refractivity contribution is -0.0209. The molecule has 0 amide bonds. The van der Waals surface area contributed by atoms with Gasteiger partial charge in [-0.2, -0.15) is 4.98 Å². The van der Waals surface area contributed by atoms with E-state index in [-0.39, 0.29) is 0 Å². The molecule has 6 rings (SSSR count). The van der Waals surface area contributed by atoms with Crippen LogP contribution in [0.3, 0.4) is 0 Å². The fraction of sp³-hybridized carbons (Fsp3) is 0.600. The summed E-state index contributed by atoms with van der Waals surface area (Å²) < 4.78 is 10.6. The van der Waals surface area contributed by atoms with Gasteiger partial charge in [-0.3, -0.25) is 0 Å². The molecule has 0 unspecified atom stereocenters. The maximum absolute atomic E-state index is 5.45. The average Bonchev–Trinajstić information content (AvgIpc) is 3.08. The zero-order valence-corrected chi connectivity index (χ0v) is 14.7. The van der Waals surface area contributed by atoms with E-state index in [4.69, 9.17) is 9.26 Å². The van der Waals surface area contributed by atoms with Crippen molar-refractivity contribution in [2.24, 2.45) is 17.8 Å². The molecule has 4 saturated carbocycles. The summed E-state index contributed by atoms with van der Waals surface area (Å²) in [7, 11) is 1.66. The highest BCUT2D eigenvalue weighted by atomic mass is 16.5. The van der Waals surface area contributed by atoms with Gasteiger partial charge in [0.2, 0.25) is 0 Å². The molecule has 5 heteroatoms. The maximum Gasteiger partial charge on any atom is 0.257 e. The van der Waals surface area contributed by atoms with Gasteiger partial charge in [0, 0.05) is 11.1 Å². The molecule has 0 aliphatic heterocycles. The van der Waals surface area contributed by atoms with E-state index < -0.39 is 0 Å². The largest absolute Gasteiger partial charge is 0.497 e. The lowest BCUT2D eigenvalue weighted by Crippen LogP contribution is -2.58. The Morgan fingerprint density at radius 2 is 1.72 bits per heavy atom. The summed E-state index contributed by atoms with van der Waals surface area (Å²) in [5.41, 5.74) is 1.25. The summed E-state index contributed by atoms with van der Waals surface area (Å²) in [5.74, 6) is 4.98. The number of hydrogen-bond donors (Lipinski definition) is 1. The predicted molar refractivity (Wildman–Crippen MR) is 94.0 cm³/mol. The van der Waals surface area contributed by atoms with Gasteiger partial charge in [0.15, 0.2) is 5.82 Å². The van der Waals surface area contributed by atoms with Gasteiger partial charge in [-0.1, -0.05) is 5.16 Å². The lowest BCUT2D eigenvalue weighted by Gasteiger charge is -2.57. The van der Waals surface area contributed by atoms with Crippen LogP contribution in [0.2, 0.25) is 0 Å². The number of benzene rings is 1. The first kappa shape index (κ1) is 15.4. The summed E-state index contributed by atoms with van der Waals surface area (Å²) in [4.78, 5) is 4.57. The summed E-state index contributed by atoms with van der Waals surface area (Å²) in [5, 5.41) is 7.99. The molecule has 25 heavy (non-hydrogen) atoms. The van der Waals surface area contributed by atoms with Gasteiger partial charge in [0.05, 0.1) is 13.7 Å². The van der Waals surface area contributed by atoms with Crippen LogP contribution in [0.15, 0.2) is 28.8 Å². The highest BCUT2D eigenvalue weighted by Crippen LogP contribution is 2.55. The van der Waals surface area contributed by atoms with Crippen molar-refractivity contribution in [3.63, 3.8) is 0 Å². The van der Waals surface area contributed by atoms with Crippen molar-refractivity contribution in [1.82, 2.24) is 15.5 Å². The molecule has 2 aromatic rings. The van der Waals surface area contributed by atoms with E-state index in [9.17, 15) is 0 Å². The second-order valence-corrected chi connectivity index (χ2v) is 8.30. The smallest absolute Gasteiger partial charge is 0.257 e. The molecule has 5 nitrogen and oxygen atoms in total. The van der Waals surface area contributed by atoms with E-state index in [2.05, 4.69) is 15.5 Å². The summed E-state index contributed by atoms with van der Waals surface area (Å²) in [6, 6.07) is 7.71. The van der Waals surface area contributed by atoms with Crippen molar-refractivity contribution < 1.29 is 9.26 Å². The molecule has 0 radical (unpaired) electrons. The van der Waals surface area contributed by atoms with Crippen LogP contribution in [0, 0.1) is 17.8 Å². The van der Waals surface area contributed by atoms with Crippen LogP contribution in [0.25, 0.3) is 11.5 Å². The zero-order chi connectivity index (χ0) is 16.9. The van der Waals surface area contributed by atoms with Crippen molar-refractivity contribution in [1.29, 1.82) is 0 Å². The fourth-order valence-corrected chi connectivity index (χ4v) is 5.77. The van der Waals surface area contributed by atoms with E-state index in [1.165, 1.54) is 38.5 Å². The molecular weight excluding hydrogens is 314 g/mol. The van der Waals surface area contributed by atoms with Crippen LogP contribution in [-0.2, 0) is 6.54 Å². The van der Waals surface area contributed by atoms with Crippen LogP contribution in [0.5, 0.6) is 5.75 Å². The van der Waals surface area contributed by atoms with E-state index in [1.54, 1.807) is 7.11 Å². The Morgan fingerprint density at radius 3 is 2.32 bits per heavy atom. The minimum Gasteiger partial charge on any atom is -0.497 e. The normalized spacial score (nSPS) is 32.9.